The SMILES string of the molecule is CCCC(CCO)CNCCC(=O)NC1CC1. The van der Waals surface area contributed by atoms with Crippen molar-refractivity contribution in [2.45, 2.75) is 51.5 Å². The quantitative estimate of drug-likeness (QED) is 0.502. The maximum Gasteiger partial charge on any atom is 0.221 e. The monoisotopic (exact) mass is 242 g/mol. The molecule has 17 heavy (non-hydrogen) atoms. The Kier molecular flexibility index (Phi) is 7.21. The molecule has 1 aliphatic carbocycles. The van der Waals surface area contributed by atoms with Crippen LogP contribution in [-0.4, -0.2) is 36.8 Å². The molecule has 0 aromatic rings. The molecule has 1 unspecified atom stereocenters. The van der Waals surface area contributed by atoms with Crippen molar-refractivity contribution in [2.75, 3.05) is 19.7 Å². The molecule has 1 fully saturated rings. The largest absolute Gasteiger partial charge is 0.396 e. The van der Waals surface area contributed by atoms with Crippen molar-refractivity contribution in [3.63, 3.8) is 0 Å². The summed E-state index contributed by atoms with van der Waals surface area (Å²) < 4.78 is 0. The van der Waals surface area contributed by atoms with E-state index in [2.05, 4.69) is 17.6 Å². The van der Waals surface area contributed by atoms with E-state index in [1.807, 2.05) is 0 Å². The van der Waals surface area contributed by atoms with E-state index in [0.717, 1.165) is 45.2 Å². The lowest BCUT2D eigenvalue weighted by atomic mass is 10.0. The summed E-state index contributed by atoms with van der Waals surface area (Å²) in [5, 5.41) is 15.2. The van der Waals surface area contributed by atoms with Gasteiger partial charge in [-0.1, -0.05) is 13.3 Å². The Morgan fingerprint density at radius 1 is 1.41 bits per heavy atom. The highest BCUT2D eigenvalue weighted by atomic mass is 16.3. The number of hydrogen-bond acceptors (Lipinski definition) is 3. The summed E-state index contributed by atoms with van der Waals surface area (Å²) >= 11 is 0. The maximum atomic E-state index is 11.4. The standard InChI is InChI=1S/C13H26N2O2/c1-2-3-11(7-9-16)10-14-8-6-13(17)15-12-4-5-12/h11-12,14,16H,2-10H2,1H3,(H,15,17). The van der Waals surface area contributed by atoms with Crippen LogP contribution in [0.2, 0.25) is 0 Å². The highest BCUT2D eigenvalue weighted by Crippen LogP contribution is 2.18. The average molecular weight is 242 g/mol. The van der Waals surface area contributed by atoms with Crippen LogP contribution >= 0.6 is 0 Å². The van der Waals surface area contributed by atoms with Crippen LogP contribution in [-0.2, 0) is 4.79 Å². The number of carbonyl (C=O) groups excluding carboxylic acids is 1. The zero-order valence-corrected chi connectivity index (χ0v) is 10.9. The van der Waals surface area contributed by atoms with Gasteiger partial charge >= 0.3 is 0 Å². The third-order valence-corrected chi connectivity index (χ3v) is 3.14. The predicted octanol–water partition coefficient (Wildman–Crippen LogP) is 1.04. The first-order valence-corrected chi connectivity index (χ1v) is 6.87. The molecule has 3 N–H and O–H groups in total. The Bertz CT molecular complexity index is 211. The summed E-state index contributed by atoms with van der Waals surface area (Å²) in [6.07, 6.45) is 6.00. The molecular formula is C13H26N2O2. The minimum Gasteiger partial charge on any atom is -0.396 e. The van der Waals surface area contributed by atoms with Gasteiger partial charge in [-0.3, -0.25) is 4.79 Å². The topological polar surface area (TPSA) is 61.4 Å². The molecule has 0 radical (unpaired) electrons. The molecule has 0 aromatic heterocycles. The van der Waals surface area contributed by atoms with Crippen molar-refractivity contribution >= 4 is 5.91 Å². The normalized spacial score (nSPS) is 16.8. The predicted molar refractivity (Wildman–Crippen MR) is 68.8 cm³/mol. The van der Waals surface area contributed by atoms with Gasteiger partial charge in [-0.2, -0.15) is 0 Å². The van der Waals surface area contributed by atoms with Crippen LogP contribution < -0.4 is 10.6 Å². The van der Waals surface area contributed by atoms with Crippen molar-refractivity contribution in [1.29, 1.82) is 0 Å². The Labute approximate surface area is 104 Å². The first-order valence-electron chi connectivity index (χ1n) is 6.87. The van der Waals surface area contributed by atoms with Crippen LogP contribution in [0.1, 0.15) is 45.4 Å². The van der Waals surface area contributed by atoms with Crippen molar-refractivity contribution in [3.8, 4) is 0 Å². The molecule has 0 heterocycles. The van der Waals surface area contributed by atoms with Gasteiger partial charge in [0.2, 0.25) is 5.91 Å². The number of aliphatic hydroxyl groups excluding tert-OH is 1. The molecule has 0 bridgehead atoms. The number of hydrogen-bond donors (Lipinski definition) is 3. The summed E-state index contributed by atoms with van der Waals surface area (Å²) in [6, 6.07) is 0.463. The van der Waals surface area contributed by atoms with E-state index in [-0.39, 0.29) is 12.5 Å². The summed E-state index contributed by atoms with van der Waals surface area (Å²) in [5.41, 5.74) is 0. The van der Waals surface area contributed by atoms with Gasteiger partial charge in [0.25, 0.3) is 0 Å². The first kappa shape index (κ1) is 14.5. The maximum absolute atomic E-state index is 11.4. The van der Waals surface area contributed by atoms with E-state index >= 15 is 0 Å². The van der Waals surface area contributed by atoms with Gasteiger partial charge in [-0.15, -0.1) is 0 Å². The van der Waals surface area contributed by atoms with Crippen LogP contribution in [0.4, 0.5) is 0 Å². The molecule has 100 valence electrons. The number of aliphatic hydroxyl groups is 1. The zero-order chi connectivity index (χ0) is 12.5. The summed E-state index contributed by atoms with van der Waals surface area (Å²) in [6.45, 7) is 4.07. The second-order valence-corrected chi connectivity index (χ2v) is 4.96. The highest BCUT2D eigenvalue weighted by Gasteiger charge is 2.22. The van der Waals surface area contributed by atoms with Gasteiger partial charge in [0.1, 0.15) is 0 Å². The van der Waals surface area contributed by atoms with Crippen LogP contribution in [0.3, 0.4) is 0 Å². The van der Waals surface area contributed by atoms with Gasteiger partial charge in [0.15, 0.2) is 0 Å². The fourth-order valence-corrected chi connectivity index (χ4v) is 1.97. The Morgan fingerprint density at radius 2 is 2.18 bits per heavy atom. The van der Waals surface area contributed by atoms with Gasteiger partial charge in [0.05, 0.1) is 0 Å². The van der Waals surface area contributed by atoms with Crippen molar-refractivity contribution in [2.24, 2.45) is 5.92 Å². The van der Waals surface area contributed by atoms with Gasteiger partial charge in [-0.05, 0) is 38.1 Å². The summed E-state index contributed by atoms with van der Waals surface area (Å²) in [4.78, 5) is 11.4. The zero-order valence-electron chi connectivity index (χ0n) is 10.9. The highest BCUT2D eigenvalue weighted by molar-refractivity contribution is 5.76. The minimum atomic E-state index is 0.161. The van der Waals surface area contributed by atoms with Crippen molar-refractivity contribution in [1.82, 2.24) is 10.6 Å². The molecule has 1 amide bonds. The number of rotatable bonds is 10. The third-order valence-electron chi connectivity index (χ3n) is 3.14. The number of carbonyl (C=O) groups is 1. The van der Waals surface area contributed by atoms with Gasteiger partial charge < -0.3 is 15.7 Å². The first-order chi connectivity index (χ1) is 8.26. The van der Waals surface area contributed by atoms with E-state index in [0.29, 0.717) is 18.4 Å². The van der Waals surface area contributed by atoms with Crippen LogP contribution in [0, 0.1) is 5.92 Å². The molecule has 0 saturated heterocycles. The Morgan fingerprint density at radius 3 is 2.76 bits per heavy atom. The molecule has 0 spiro atoms. The fraction of sp³-hybridized carbons (Fsp3) is 0.923. The molecule has 0 aliphatic heterocycles. The fourth-order valence-electron chi connectivity index (χ4n) is 1.97. The molecular weight excluding hydrogens is 216 g/mol. The molecule has 1 atom stereocenters. The number of nitrogens with one attached hydrogen (secondary N) is 2. The lowest BCUT2D eigenvalue weighted by Crippen LogP contribution is -2.31. The van der Waals surface area contributed by atoms with E-state index in [1.165, 1.54) is 0 Å². The Hall–Kier alpha value is -0.610. The van der Waals surface area contributed by atoms with E-state index in [1.54, 1.807) is 0 Å². The van der Waals surface area contributed by atoms with Crippen LogP contribution in [0.15, 0.2) is 0 Å². The lowest BCUT2D eigenvalue weighted by molar-refractivity contribution is -0.121. The van der Waals surface area contributed by atoms with Gasteiger partial charge in [-0.25, -0.2) is 0 Å². The van der Waals surface area contributed by atoms with Crippen molar-refractivity contribution in [3.05, 3.63) is 0 Å². The molecule has 4 heteroatoms. The smallest absolute Gasteiger partial charge is 0.221 e. The minimum absolute atomic E-state index is 0.161. The van der Waals surface area contributed by atoms with Crippen LogP contribution in [0.25, 0.3) is 0 Å². The summed E-state index contributed by atoms with van der Waals surface area (Å²) in [5.74, 6) is 0.700. The number of amides is 1. The van der Waals surface area contributed by atoms with Gasteiger partial charge in [0, 0.05) is 25.6 Å². The molecule has 1 aliphatic rings. The lowest BCUT2D eigenvalue weighted by Gasteiger charge is -2.15. The summed E-state index contributed by atoms with van der Waals surface area (Å²) in [7, 11) is 0. The molecule has 4 nitrogen and oxygen atoms in total. The Balaban J connectivity index is 1.98. The second-order valence-electron chi connectivity index (χ2n) is 4.96. The average Bonchev–Trinajstić information content (AvgIpc) is 3.09. The molecule has 1 saturated carbocycles. The van der Waals surface area contributed by atoms with Crippen molar-refractivity contribution < 1.29 is 9.90 Å². The van der Waals surface area contributed by atoms with Crippen LogP contribution in [0.5, 0.6) is 0 Å². The van der Waals surface area contributed by atoms with E-state index in [4.69, 9.17) is 5.11 Å². The molecule has 1 rings (SSSR count). The molecule has 0 aromatic carbocycles. The third kappa shape index (κ3) is 7.34. The van der Waals surface area contributed by atoms with E-state index in [9.17, 15) is 4.79 Å². The second kappa shape index (κ2) is 8.48. The van der Waals surface area contributed by atoms with E-state index < -0.39 is 0 Å².